The number of carbonyl (C=O) groups excluding carboxylic acids is 1. The fraction of sp³-hybridized carbons (Fsp3) is 0.120. The highest BCUT2D eigenvalue weighted by atomic mass is 16.5. The fourth-order valence-corrected chi connectivity index (χ4v) is 3.69. The van der Waals surface area contributed by atoms with Crippen LogP contribution in [0.15, 0.2) is 91.3 Å². The number of hydroxylamine groups is 1. The molecule has 4 aromatic rings. The van der Waals surface area contributed by atoms with Crippen molar-refractivity contribution in [3.63, 3.8) is 0 Å². The summed E-state index contributed by atoms with van der Waals surface area (Å²) in [5, 5.41) is 8.62. The molecule has 0 aliphatic rings. The van der Waals surface area contributed by atoms with Gasteiger partial charge in [0.2, 0.25) is 0 Å². The molecule has 5 heteroatoms. The molecule has 0 fully saturated rings. The number of amides is 1. The van der Waals surface area contributed by atoms with E-state index in [0.29, 0.717) is 0 Å². The van der Waals surface area contributed by atoms with Crippen molar-refractivity contribution >= 4 is 23.0 Å². The van der Waals surface area contributed by atoms with Gasteiger partial charge in [-0.25, -0.2) is 10.5 Å². The highest BCUT2D eigenvalue weighted by Gasteiger charge is 2.16. The van der Waals surface area contributed by atoms with Crippen LogP contribution in [0.25, 0.3) is 17.1 Å². The summed E-state index contributed by atoms with van der Waals surface area (Å²) in [4.78, 5) is 15.8. The van der Waals surface area contributed by atoms with E-state index in [1.54, 1.807) is 11.6 Å². The highest BCUT2D eigenvalue weighted by molar-refractivity contribution is 5.91. The second kappa shape index (κ2) is 9.20. The Balaban J connectivity index is 1.67. The average Bonchev–Trinajstić information content (AvgIpc) is 3.21. The van der Waals surface area contributed by atoms with Crippen LogP contribution in [-0.4, -0.2) is 20.7 Å². The van der Waals surface area contributed by atoms with Crippen LogP contribution in [0.1, 0.15) is 22.7 Å². The van der Waals surface area contributed by atoms with Crippen molar-refractivity contribution in [2.75, 3.05) is 0 Å². The normalized spacial score (nSPS) is 11.4. The van der Waals surface area contributed by atoms with E-state index in [1.165, 1.54) is 17.2 Å². The van der Waals surface area contributed by atoms with Crippen molar-refractivity contribution in [2.24, 2.45) is 0 Å². The van der Waals surface area contributed by atoms with Gasteiger partial charge < -0.3 is 4.57 Å². The number of imidazole rings is 1. The van der Waals surface area contributed by atoms with Gasteiger partial charge in [0.25, 0.3) is 5.91 Å². The molecule has 1 amide bonds. The number of hydrogen-bond acceptors (Lipinski definition) is 3. The maximum atomic E-state index is 11.2. The smallest absolute Gasteiger partial charge is 0.267 e. The predicted molar refractivity (Wildman–Crippen MR) is 118 cm³/mol. The van der Waals surface area contributed by atoms with Gasteiger partial charge in [-0.05, 0) is 47.7 Å². The summed E-state index contributed by atoms with van der Waals surface area (Å²) >= 11 is 0. The molecule has 3 aromatic carbocycles. The number of benzene rings is 3. The lowest BCUT2D eigenvalue weighted by Crippen LogP contribution is -2.14. The van der Waals surface area contributed by atoms with Crippen molar-refractivity contribution in [2.45, 2.75) is 18.9 Å². The lowest BCUT2D eigenvalue weighted by atomic mass is 9.98. The molecule has 5 nitrogen and oxygen atoms in total. The monoisotopic (exact) mass is 397 g/mol. The zero-order valence-corrected chi connectivity index (χ0v) is 16.5. The van der Waals surface area contributed by atoms with Gasteiger partial charge in [-0.15, -0.1) is 0 Å². The SMILES string of the molecule is O=C(C=Cc1ccc2c(c1)ncn2C(Cc1ccccc1)Cc1ccccc1)NO. The summed E-state index contributed by atoms with van der Waals surface area (Å²) in [7, 11) is 0. The summed E-state index contributed by atoms with van der Waals surface area (Å²) < 4.78 is 2.24. The first-order valence-corrected chi connectivity index (χ1v) is 9.89. The molecule has 0 spiro atoms. The van der Waals surface area contributed by atoms with Crippen LogP contribution >= 0.6 is 0 Å². The summed E-state index contributed by atoms with van der Waals surface area (Å²) in [5.41, 5.74) is 6.93. The van der Waals surface area contributed by atoms with Gasteiger partial charge in [0.1, 0.15) is 0 Å². The quantitative estimate of drug-likeness (QED) is 0.272. The largest absolute Gasteiger partial charge is 0.327 e. The van der Waals surface area contributed by atoms with Crippen LogP contribution < -0.4 is 5.48 Å². The number of aromatic nitrogens is 2. The zero-order valence-electron chi connectivity index (χ0n) is 16.5. The van der Waals surface area contributed by atoms with Gasteiger partial charge in [0.05, 0.1) is 17.4 Å². The van der Waals surface area contributed by atoms with Crippen LogP contribution in [0, 0.1) is 0 Å². The van der Waals surface area contributed by atoms with Crippen molar-refractivity contribution in [3.8, 4) is 0 Å². The van der Waals surface area contributed by atoms with Gasteiger partial charge in [-0.1, -0.05) is 66.7 Å². The number of carbonyl (C=O) groups is 1. The van der Waals surface area contributed by atoms with Crippen LogP contribution in [0.5, 0.6) is 0 Å². The van der Waals surface area contributed by atoms with E-state index in [4.69, 9.17) is 5.21 Å². The van der Waals surface area contributed by atoms with Gasteiger partial charge >= 0.3 is 0 Å². The standard InChI is InChI=1S/C25H23N3O2/c29-25(27-30)14-12-21-11-13-24-23(17-21)26-18-28(24)22(15-19-7-3-1-4-8-19)16-20-9-5-2-6-10-20/h1-14,17-18,22,30H,15-16H2,(H,27,29). The molecule has 0 aliphatic carbocycles. The number of nitrogens with one attached hydrogen (secondary N) is 1. The van der Waals surface area contributed by atoms with E-state index in [1.807, 2.05) is 36.7 Å². The summed E-state index contributed by atoms with van der Waals surface area (Å²) in [6.07, 6.45) is 6.63. The van der Waals surface area contributed by atoms with E-state index >= 15 is 0 Å². The Hall–Kier alpha value is -3.70. The fourth-order valence-electron chi connectivity index (χ4n) is 3.69. The molecule has 150 valence electrons. The summed E-state index contributed by atoms with van der Waals surface area (Å²) in [6, 6.07) is 27.1. The lowest BCUT2D eigenvalue weighted by Gasteiger charge is -2.20. The molecule has 0 bridgehead atoms. The third kappa shape index (κ3) is 4.64. The Morgan fingerprint density at radius 3 is 2.20 bits per heavy atom. The van der Waals surface area contributed by atoms with Crippen molar-refractivity contribution < 1.29 is 10.0 Å². The van der Waals surface area contributed by atoms with Crippen LogP contribution in [0.3, 0.4) is 0 Å². The van der Waals surface area contributed by atoms with E-state index in [-0.39, 0.29) is 6.04 Å². The Labute approximate surface area is 175 Å². The van der Waals surface area contributed by atoms with Gasteiger partial charge in [0, 0.05) is 12.1 Å². The Bertz CT molecular complexity index is 1110. The maximum absolute atomic E-state index is 11.2. The molecule has 0 saturated heterocycles. The molecule has 0 unspecified atom stereocenters. The van der Waals surface area contributed by atoms with Crippen molar-refractivity contribution in [3.05, 3.63) is 108 Å². The number of rotatable bonds is 7. The van der Waals surface area contributed by atoms with Crippen LogP contribution in [0.2, 0.25) is 0 Å². The first-order chi connectivity index (χ1) is 14.7. The van der Waals surface area contributed by atoms with Crippen molar-refractivity contribution in [1.82, 2.24) is 15.0 Å². The minimum absolute atomic E-state index is 0.223. The number of nitrogens with zero attached hydrogens (tertiary/aromatic N) is 2. The Morgan fingerprint density at radius 1 is 0.967 bits per heavy atom. The Kier molecular flexibility index (Phi) is 6.01. The first-order valence-electron chi connectivity index (χ1n) is 9.89. The molecule has 1 aromatic heterocycles. The average molecular weight is 397 g/mol. The molecule has 0 saturated carbocycles. The topological polar surface area (TPSA) is 67.2 Å². The molecular formula is C25H23N3O2. The van der Waals surface area contributed by atoms with Crippen LogP contribution in [0.4, 0.5) is 0 Å². The van der Waals surface area contributed by atoms with E-state index in [0.717, 1.165) is 29.4 Å². The minimum Gasteiger partial charge on any atom is -0.327 e. The van der Waals surface area contributed by atoms with Gasteiger partial charge in [-0.3, -0.25) is 10.0 Å². The third-order valence-electron chi connectivity index (χ3n) is 5.16. The molecule has 0 radical (unpaired) electrons. The molecule has 1 heterocycles. The second-order valence-electron chi connectivity index (χ2n) is 7.24. The third-order valence-corrected chi connectivity index (χ3v) is 5.16. The molecular weight excluding hydrogens is 374 g/mol. The van der Waals surface area contributed by atoms with Gasteiger partial charge in [-0.2, -0.15) is 0 Å². The zero-order chi connectivity index (χ0) is 20.8. The second-order valence-corrected chi connectivity index (χ2v) is 7.24. The van der Waals surface area contributed by atoms with Crippen LogP contribution in [-0.2, 0) is 17.6 Å². The Morgan fingerprint density at radius 2 is 1.60 bits per heavy atom. The summed E-state index contributed by atoms with van der Waals surface area (Å²) in [5.74, 6) is -0.564. The first kappa shape index (κ1) is 19.6. The lowest BCUT2D eigenvalue weighted by molar-refractivity contribution is -0.124. The van der Waals surface area contributed by atoms with E-state index < -0.39 is 5.91 Å². The molecule has 0 atom stereocenters. The molecule has 4 rings (SSSR count). The van der Waals surface area contributed by atoms with Crippen molar-refractivity contribution in [1.29, 1.82) is 0 Å². The summed E-state index contributed by atoms with van der Waals surface area (Å²) in [6.45, 7) is 0. The highest BCUT2D eigenvalue weighted by Crippen LogP contribution is 2.25. The van der Waals surface area contributed by atoms with Gasteiger partial charge in [0.15, 0.2) is 0 Å². The van der Waals surface area contributed by atoms with E-state index in [2.05, 4.69) is 58.1 Å². The predicted octanol–water partition coefficient (Wildman–Crippen LogP) is 4.58. The number of fused-ring (bicyclic) bond motifs is 1. The minimum atomic E-state index is -0.564. The number of hydrogen-bond donors (Lipinski definition) is 2. The molecule has 30 heavy (non-hydrogen) atoms. The molecule has 0 aliphatic heterocycles. The van der Waals surface area contributed by atoms with E-state index in [9.17, 15) is 4.79 Å². The maximum Gasteiger partial charge on any atom is 0.267 e. The molecule has 2 N–H and O–H groups in total.